The molecular formula is C12H18N2OS2. The van der Waals surface area contributed by atoms with Crippen molar-refractivity contribution >= 4 is 29.3 Å². The lowest BCUT2D eigenvalue weighted by Gasteiger charge is -2.34. The molecule has 2 heterocycles. The molecule has 0 aromatic carbocycles. The number of hydrogen-bond donors (Lipinski definition) is 2. The second-order valence-electron chi connectivity index (χ2n) is 4.34. The van der Waals surface area contributed by atoms with Crippen molar-refractivity contribution in [3.63, 3.8) is 0 Å². The molecule has 0 saturated carbocycles. The molecule has 0 amide bonds. The predicted octanol–water partition coefficient (Wildman–Crippen LogP) is 2.32. The van der Waals surface area contributed by atoms with Crippen molar-refractivity contribution < 1.29 is 5.11 Å². The highest BCUT2D eigenvalue weighted by Gasteiger charge is 2.31. The van der Waals surface area contributed by atoms with E-state index >= 15 is 0 Å². The molecule has 1 aromatic rings. The molecule has 0 radical (unpaired) electrons. The van der Waals surface area contributed by atoms with Gasteiger partial charge in [-0.1, -0.05) is 19.9 Å². The number of anilines is 1. The van der Waals surface area contributed by atoms with Crippen LogP contribution in [0.3, 0.4) is 0 Å². The molecule has 1 saturated heterocycles. The van der Waals surface area contributed by atoms with Crippen LogP contribution in [0.25, 0.3) is 0 Å². The third-order valence-electron chi connectivity index (χ3n) is 3.12. The lowest BCUT2D eigenvalue weighted by Crippen LogP contribution is -2.30. The Morgan fingerprint density at radius 2 is 2.24 bits per heavy atom. The van der Waals surface area contributed by atoms with E-state index in [1.165, 1.54) is 0 Å². The first-order valence-electron chi connectivity index (χ1n) is 5.75. The summed E-state index contributed by atoms with van der Waals surface area (Å²) in [5.41, 5.74) is 6.56. The number of nitrogens with two attached hydrogens (primary N) is 1. The monoisotopic (exact) mass is 270 g/mol. The van der Waals surface area contributed by atoms with Crippen LogP contribution in [0.2, 0.25) is 0 Å². The molecule has 3 N–H and O–H groups in total. The average molecular weight is 270 g/mol. The molecule has 4 atom stereocenters. The fraction of sp³-hybridized carbons (Fsp3) is 0.583. The summed E-state index contributed by atoms with van der Waals surface area (Å²) in [4.78, 5) is 4.03. The Morgan fingerprint density at radius 3 is 2.88 bits per heavy atom. The van der Waals surface area contributed by atoms with Crippen molar-refractivity contribution in [3.05, 3.63) is 23.9 Å². The van der Waals surface area contributed by atoms with Gasteiger partial charge in [0.25, 0.3) is 0 Å². The van der Waals surface area contributed by atoms with Gasteiger partial charge >= 0.3 is 0 Å². The van der Waals surface area contributed by atoms with Crippen molar-refractivity contribution in [2.45, 2.75) is 35.7 Å². The number of aromatic nitrogens is 1. The van der Waals surface area contributed by atoms with E-state index in [1.54, 1.807) is 6.20 Å². The molecule has 0 aliphatic carbocycles. The van der Waals surface area contributed by atoms with E-state index in [0.29, 0.717) is 16.3 Å². The zero-order valence-corrected chi connectivity index (χ0v) is 11.7. The highest BCUT2D eigenvalue weighted by atomic mass is 32.2. The minimum atomic E-state index is -0.517. The molecule has 5 heteroatoms. The highest BCUT2D eigenvalue weighted by molar-refractivity contribution is 8.07. The first kappa shape index (κ1) is 13.1. The zero-order valence-electron chi connectivity index (χ0n) is 10.0. The molecular weight excluding hydrogens is 252 g/mol. The Kier molecular flexibility index (Phi) is 4.22. The maximum atomic E-state index is 10.4. The van der Waals surface area contributed by atoms with Crippen LogP contribution in [0.5, 0.6) is 0 Å². The number of rotatable bonds is 2. The number of pyridine rings is 1. The van der Waals surface area contributed by atoms with Gasteiger partial charge in [-0.2, -0.15) is 23.5 Å². The Hall–Kier alpha value is -0.390. The molecule has 0 bridgehead atoms. The quantitative estimate of drug-likeness (QED) is 0.863. The number of aliphatic hydroxyl groups excluding tert-OH is 1. The van der Waals surface area contributed by atoms with E-state index in [2.05, 4.69) is 18.8 Å². The number of aliphatic hydroxyl groups is 1. The molecule has 4 unspecified atom stereocenters. The van der Waals surface area contributed by atoms with E-state index in [4.69, 9.17) is 5.73 Å². The number of nitrogen functional groups attached to an aromatic ring is 1. The second-order valence-corrected chi connectivity index (χ2v) is 7.37. The summed E-state index contributed by atoms with van der Waals surface area (Å²) in [7, 11) is 0. The lowest BCUT2D eigenvalue weighted by atomic mass is 10.1. The van der Waals surface area contributed by atoms with Gasteiger partial charge in [0.05, 0.1) is 6.10 Å². The van der Waals surface area contributed by atoms with Gasteiger partial charge in [-0.15, -0.1) is 0 Å². The maximum Gasteiger partial charge on any atom is 0.129 e. The predicted molar refractivity (Wildman–Crippen MR) is 76.4 cm³/mol. The van der Waals surface area contributed by atoms with Crippen molar-refractivity contribution in [2.75, 3.05) is 11.5 Å². The summed E-state index contributed by atoms with van der Waals surface area (Å²) < 4.78 is 0. The van der Waals surface area contributed by atoms with Crippen LogP contribution < -0.4 is 5.73 Å². The van der Waals surface area contributed by atoms with Crippen LogP contribution in [0.15, 0.2) is 18.3 Å². The van der Waals surface area contributed by atoms with Gasteiger partial charge in [0, 0.05) is 33.3 Å². The molecule has 2 rings (SSSR count). The Morgan fingerprint density at radius 1 is 1.47 bits per heavy atom. The largest absolute Gasteiger partial charge is 0.387 e. The summed E-state index contributed by atoms with van der Waals surface area (Å²) in [5, 5.41) is 11.8. The first-order valence-corrected chi connectivity index (χ1v) is 7.74. The topological polar surface area (TPSA) is 59.1 Å². The van der Waals surface area contributed by atoms with Gasteiger partial charge in [0.1, 0.15) is 5.82 Å². The van der Waals surface area contributed by atoms with Crippen molar-refractivity contribution in [2.24, 2.45) is 0 Å². The smallest absolute Gasteiger partial charge is 0.129 e. The Bertz CT molecular complexity index is 389. The van der Waals surface area contributed by atoms with Gasteiger partial charge in [0.2, 0.25) is 0 Å². The summed E-state index contributed by atoms with van der Waals surface area (Å²) in [6, 6.07) is 3.68. The third-order valence-corrected chi connectivity index (χ3v) is 6.60. The fourth-order valence-corrected chi connectivity index (χ4v) is 4.85. The molecule has 1 aliphatic rings. The van der Waals surface area contributed by atoms with Gasteiger partial charge in [0.15, 0.2) is 0 Å². The van der Waals surface area contributed by atoms with Crippen molar-refractivity contribution in [1.82, 2.24) is 4.98 Å². The molecule has 1 aliphatic heterocycles. The van der Waals surface area contributed by atoms with Crippen LogP contribution in [-0.2, 0) is 0 Å². The van der Waals surface area contributed by atoms with Crippen molar-refractivity contribution in [3.8, 4) is 0 Å². The first-order chi connectivity index (χ1) is 8.09. The Labute approximate surface area is 111 Å². The van der Waals surface area contributed by atoms with Gasteiger partial charge in [-0.3, -0.25) is 0 Å². The van der Waals surface area contributed by atoms with E-state index in [9.17, 15) is 5.11 Å². The highest BCUT2D eigenvalue weighted by Crippen LogP contribution is 2.41. The van der Waals surface area contributed by atoms with E-state index < -0.39 is 6.10 Å². The van der Waals surface area contributed by atoms with Crippen LogP contribution in [0.4, 0.5) is 5.82 Å². The van der Waals surface area contributed by atoms with E-state index in [0.717, 1.165) is 11.3 Å². The minimum Gasteiger partial charge on any atom is -0.387 e. The molecule has 3 nitrogen and oxygen atoms in total. The molecule has 1 aromatic heterocycles. The van der Waals surface area contributed by atoms with Crippen LogP contribution in [0.1, 0.15) is 25.5 Å². The van der Waals surface area contributed by atoms with Crippen molar-refractivity contribution in [1.29, 1.82) is 0 Å². The summed E-state index contributed by atoms with van der Waals surface area (Å²) in [6.45, 7) is 4.46. The minimum absolute atomic E-state index is 0.206. The summed E-state index contributed by atoms with van der Waals surface area (Å²) >= 11 is 3.77. The number of thioether (sulfide) groups is 2. The molecule has 17 heavy (non-hydrogen) atoms. The van der Waals surface area contributed by atoms with E-state index in [-0.39, 0.29) is 5.25 Å². The van der Waals surface area contributed by atoms with Gasteiger partial charge in [-0.25, -0.2) is 4.98 Å². The average Bonchev–Trinajstić information content (AvgIpc) is 2.32. The van der Waals surface area contributed by atoms with Gasteiger partial charge < -0.3 is 10.8 Å². The standard InChI is InChI=1S/C12H18N2OS2/c1-7-8(2)17-10(6-16-7)11(15)9-4-3-5-14-12(9)13/h3-5,7-8,10-11,15H,6H2,1-2H3,(H2,13,14). The maximum absolute atomic E-state index is 10.4. The SMILES string of the molecule is CC1SCC(C(O)c2cccnc2N)SC1C. The van der Waals surface area contributed by atoms with Crippen LogP contribution >= 0.6 is 23.5 Å². The van der Waals surface area contributed by atoms with Crippen LogP contribution in [0, 0.1) is 0 Å². The Balaban J connectivity index is 2.10. The molecule has 0 spiro atoms. The fourth-order valence-electron chi connectivity index (χ4n) is 1.85. The number of hydrogen-bond acceptors (Lipinski definition) is 5. The lowest BCUT2D eigenvalue weighted by molar-refractivity contribution is 0.180. The molecule has 94 valence electrons. The summed E-state index contributed by atoms with van der Waals surface area (Å²) in [6.07, 6.45) is 1.13. The zero-order chi connectivity index (χ0) is 12.4. The van der Waals surface area contributed by atoms with Gasteiger partial charge in [-0.05, 0) is 6.07 Å². The van der Waals surface area contributed by atoms with Crippen LogP contribution in [-0.4, -0.2) is 31.6 Å². The normalized spacial score (nSPS) is 31.1. The summed E-state index contributed by atoms with van der Waals surface area (Å²) in [5.74, 6) is 1.41. The number of nitrogens with zero attached hydrogens (tertiary/aromatic N) is 1. The van der Waals surface area contributed by atoms with E-state index in [1.807, 2.05) is 35.7 Å². The second kappa shape index (κ2) is 5.50. The third kappa shape index (κ3) is 2.89. The molecule has 1 fully saturated rings.